The lowest BCUT2D eigenvalue weighted by Crippen LogP contribution is -1.25. The first kappa shape index (κ1) is 15.3. The van der Waals surface area contributed by atoms with Gasteiger partial charge in [0, 0.05) is 45.1 Å². The monoisotopic (exact) mass is 250 g/mol. The van der Waals surface area contributed by atoms with Crippen LogP contribution in [0.1, 0.15) is 0 Å². The van der Waals surface area contributed by atoms with Gasteiger partial charge in [0.1, 0.15) is 0 Å². The van der Waals surface area contributed by atoms with Gasteiger partial charge in [-0.05, 0) is 64.6 Å². The van der Waals surface area contributed by atoms with E-state index in [4.69, 9.17) is 0 Å². The summed E-state index contributed by atoms with van der Waals surface area (Å²) >= 11 is 4.36. The van der Waals surface area contributed by atoms with Gasteiger partial charge in [-0.25, -0.2) is 0 Å². The van der Waals surface area contributed by atoms with Gasteiger partial charge in [-0.15, -0.1) is 0 Å². The van der Waals surface area contributed by atoms with E-state index in [2.05, 4.69) is 116 Å². The van der Waals surface area contributed by atoms with Gasteiger partial charge in [0.25, 0.3) is 0 Å². The van der Waals surface area contributed by atoms with Crippen molar-refractivity contribution in [2.24, 2.45) is 0 Å². The maximum Gasteiger partial charge on any atom is 0.0148 e. The molecule has 0 aromatic carbocycles. The van der Waals surface area contributed by atoms with E-state index in [1.807, 2.05) is 0 Å². The highest BCUT2D eigenvalue weighted by molar-refractivity contribution is 7.78. The van der Waals surface area contributed by atoms with Gasteiger partial charge in [0.15, 0.2) is 0 Å². The van der Waals surface area contributed by atoms with E-state index in [1.54, 1.807) is 0 Å². The van der Waals surface area contributed by atoms with Crippen LogP contribution >= 0.6 is 12.2 Å². The van der Waals surface area contributed by atoms with Crippen molar-refractivity contribution in [2.75, 3.05) is 0 Å². The van der Waals surface area contributed by atoms with Crippen molar-refractivity contribution in [3.05, 3.63) is 98.3 Å². The molecule has 0 fully saturated rings. The minimum Gasteiger partial charge on any atom is -0.0687 e. The van der Waals surface area contributed by atoms with Crippen molar-refractivity contribution >= 4 is 17.2 Å². The number of hydrogen-bond donors (Lipinski definition) is 0. The average Bonchev–Trinajstić information content (AvgIpc) is 2.43. The standard InChI is InChI=1S/C18H2S/c1-2-3-4-5-6-7-8-9-10-11-12-13-14-15-16-17-18-19/h1H2. The number of thiocarbonyl (C=S) groups is 1. The van der Waals surface area contributed by atoms with E-state index in [-0.39, 0.29) is 0 Å². The molecule has 0 spiro atoms. The zero-order valence-electron chi connectivity index (χ0n) is 9.62. The largest absolute Gasteiger partial charge is 0.0687 e. The maximum atomic E-state index is 4.36. The van der Waals surface area contributed by atoms with Gasteiger partial charge in [0.05, 0.1) is 0 Å². The Morgan fingerprint density at radius 1 is 0.421 bits per heavy atom. The fourth-order valence-corrected chi connectivity index (χ4v) is 0.527. The highest BCUT2D eigenvalue weighted by Gasteiger charge is 1.41. The highest BCUT2D eigenvalue weighted by Crippen LogP contribution is 1.56. The lowest BCUT2D eigenvalue weighted by molar-refractivity contribution is 2.12. The van der Waals surface area contributed by atoms with Gasteiger partial charge in [-0.2, -0.15) is 0 Å². The fourth-order valence-electron chi connectivity index (χ4n) is 0.476. The minimum absolute atomic E-state index is 2.21. The van der Waals surface area contributed by atoms with Crippen LogP contribution in [0.2, 0.25) is 0 Å². The Labute approximate surface area is 116 Å². The summed E-state index contributed by atoms with van der Waals surface area (Å²) in [7, 11) is 0. The predicted octanol–water partition coefficient (Wildman–Crippen LogP) is 3.25. The molecule has 0 saturated heterocycles. The maximum absolute atomic E-state index is 4.36. The second-order valence-corrected chi connectivity index (χ2v) is 2.36. The molecule has 0 aliphatic carbocycles. The Kier molecular flexibility index (Phi) is 11.6. The summed E-state index contributed by atoms with van der Waals surface area (Å²) in [6.45, 7) is 3.29. The summed E-state index contributed by atoms with van der Waals surface area (Å²) in [4.78, 5) is 0. The molecule has 0 amide bonds. The van der Waals surface area contributed by atoms with Crippen LogP contribution in [-0.2, 0) is 0 Å². The van der Waals surface area contributed by atoms with E-state index in [1.165, 1.54) is 0 Å². The average molecular weight is 250 g/mol. The quantitative estimate of drug-likeness (QED) is 0.470. The summed E-state index contributed by atoms with van der Waals surface area (Å²) in [6.07, 6.45) is 0. The number of hydrogen-bond acceptors (Lipinski definition) is 1. The fraction of sp³-hybridized carbons (Fsp3) is 0. The lowest BCUT2D eigenvalue weighted by Gasteiger charge is -1.40. The van der Waals surface area contributed by atoms with Crippen LogP contribution in [0.3, 0.4) is 0 Å². The first-order chi connectivity index (χ1) is 9.41. The van der Waals surface area contributed by atoms with Gasteiger partial charge in [-0.1, -0.05) is 5.73 Å². The molecule has 0 bridgehead atoms. The van der Waals surface area contributed by atoms with E-state index >= 15 is 0 Å². The van der Waals surface area contributed by atoms with E-state index in [9.17, 15) is 0 Å². The normalized spacial score (nSPS) is 3.79. The highest BCUT2D eigenvalue weighted by atomic mass is 32.1. The smallest absolute Gasteiger partial charge is 0.0148 e. The molecule has 80 valence electrons. The van der Waals surface area contributed by atoms with Crippen molar-refractivity contribution in [3.63, 3.8) is 0 Å². The van der Waals surface area contributed by atoms with Gasteiger partial charge >= 0.3 is 0 Å². The molecular weight excluding hydrogens is 248 g/mol. The van der Waals surface area contributed by atoms with Crippen LogP contribution in [0.15, 0.2) is 98.3 Å². The summed E-state index contributed by atoms with van der Waals surface area (Å²) in [5, 5.41) is 2.21. The van der Waals surface area contributed by atoms with Crippen LogP contribution < -0.4 is 0 Å². The molecule has 0 aliphatic heterocycles. The Bertz CT molecular complexity index is 893. The zero-order chi connectivity index (χ0) is 14.0. The molecule has 0 unspecified atom stereocenters. The molecule has 0 atom stereocenters. The molecule has 1 heteroatoms. The van der Waals surface area contributed by atoms with Gasteiger partial charge < -0.3 is 0 Å². The molecule has 0 nitrogen and oxygen atoms in total. The number of rotatable bonds is 0. The first-order valence-corrected chi connectivity index (χ1v) is 4.97. The predicted molar refractivity (Wildman–Crippen MR) is 74.4 cm³/mol. The molecule has 0 aliphatic rings. The summed E-state index contributed by atoms with van der Waals surface area (Å²) in [5.41, 5.74) is 39.3. The van der Waals surface area contributed by atoms with Crippen LogP contribution in [0.25, 0.3) is 0 Å². The topological polar surface area (TPSA) is 0 Å². The molecule has 0 rings (SSSR count). The van der Waals surface area contributed by atoms with Crippen molar-refractivity contribution in [1.82, 2.24) is 0 Å². The van der Waals surface area contributed by atoms with Crippen LogP contribution in [0.4, 0.5) is 0 Å². The first-order valence-electron chi connectivity index (χ1n) is 4.56. The second kappa shape index (κ2) is 14.3. The molecule has 0 radical (unpaired) electrons. The Balaban J connectivity index is 5.75. The van der Waals surface area contributed by atoms with Crippen LogP contribution in [0, 0.1) is 0 Å². The zero-order valence-corrected chi connectivity index (χ0v) is 10.4. The molecule has 19 heavy (non-hydrogen) atoms. The second-order valence-electron chi connectivity index (χ2n) is 2.15. The summed E-state index contributed by atoms with van der Waals surface area (Å²) in [5.74, 6) is 0. The lowest BCUT2D eigenvalue weighted by atomic mass is 10.6. The SMILES string of the molecule is C=C=C=C=C=C=C=C=C=C=C=C=C=C=C=C=C=C=S. The van der Waals surface area contributed by atoms with E-state index < -0.39 is 0 Å². The molecule has 0 aromatic rings. The molecular formula is C18H2S. The Hall–Kier alpha value is -3.65. The molecule has 0 N–H and O–H groups in total. The third kappa shape index (κ3) is 14.3. The Morgan fingerprint density at radius 3 is 0.947 bits per heavy atom. The van der Waals surface area contributed by atoms with Crippen molar-refractivity contribution in [1.29, 1.82) is 0 Å². The van der Waals surface area contributed by atoms with Crippen molar-refractivity contribution in [3.8, 4) is 0 Å². The van der Waals surface area contributed by atoms with Crippen LogP contribution in [-0.4, -0.2) is 5.02 Å². The Morgan fingerprint density at radius 2 is 0.684 bits per heavy atom. The van der Waals surface area contributed by atoms with Gasteiger partial charge in [-0.3, -0.25) is 0 Å². The molecule has 0 aromatic heterocycles. The third-order valence-corrected chi connectivity index (χ3v) is 1.12. The van der Waals surface area contributed by atoms with E-state index in [0.717, 1.165) is 0 Å². The van der Waals surface area contributed by atoms with Crippen molar-refractivity contribution in [2.45, 2.75) is 0 Å². The summed E-state index contributed by atoms with van der Waals surface area (Å²) < 4.78 is 0. The summed E-state index contributed by atoms with van der Waals surface area (Å²) in [6, 6.07) is 0. The molecule has 0 heterocycles. The minimum atomic E-state index is 2.21. The molecule has 0 saturated carbocycles. The van der Waals surface area contributed by atoms with Gasteiger partial charge in [0.2, 0.25) is 0 Å². The third-order valence-electron chi connectivity index (χ3n) is 1.01. The van der Waals surface area contributed by atoms with E-state index in [0.29, 0.717) is 0 Å². The van der Waals surface area contributed by atoms with Crippen LogP contribution in [0.5, 0.6) is 0 Å². The van der Waals surface area contributed by atoms with Crippen molar-refractivity contribution < 1.29 is 0 Å².